The summed E-state index contributed by atoms with van der Waals surface area (Å²) in [4.78, 5) is 12.2. The second kappa shape index (κ2) is 8.65. The van der Waals surface area contributed by atoms with Crippen LogP contribution in [-0.4, -0.2) is 6.03 Å². The monoisotopic (exact) mass is 352 g/mol. The summed E-state index contributed by atoms with van der Waals surface area (Å²) in [6.07, 6.45) is 8.94. The standard InChI is InChI=1S/C22H25FN2O/c1-2-21(19-10-9-17-5-3-4-6-18(17)15-19)25-22(26)24-14-13-16-7-11-20(23)12-8-16/h7-15,21H,2-6H2,1H3,(H2,24,25,26)/b14-13+. The lowest BCUT2D eigenvalue weighted by atomic mass is 9.89. The van der Waals surface area contributed by atoms with E-state index in [0.29, 0.717) is 0 Å². The summed E-state index contributed by atoms with van der Waals surface area (Å²) in [5.41, 5.74) is 4.85. The molecule has 0 bridgehead atoms. The van der Waals surface area contributed by atoms with Crippen LogP contribution in [0.3, 0.4) is 0 Å². The topological polar surface area (TPSA) is 41.1 Å². The number of halogens is 1. The van der Waals surface area contributed by atoms with E-state index in [9.17, 15) is 9.18 Å². The van der Waals surface area contributed by atoms with Gasteiger partial charge >= 0.3 is 6.03 Å². The number of aryl methyl sites for hydroxylation is 2. The van der Waals surface area contributed by atoms with Gasteiger partial charge in [0.25, 0.3) is 0 Å². The van der Waals surface area contributed by atoms with Crippen molar-refractivity contribution in [1.29, 1.82) is 0 Å². The molecule has 1 aliphatic rings. The van der Waals surface area contributed by atoms with E-state index in [1.54, 1.807) is 24.4 Å². The third kappa shape index (κ3) is 4.72. The average molecular weight is 352 g/mol. The minimum absolute atomic E-state index is 0.0125. The number of hydrogen-bond donors (Lipinski definition) is 2. The second-order valence-electron chi connectivity index (χ2n) is 6.70. The van der Waals surface area contributed by atoms with Gasteiger partial charge in [-0.25, -0.2) is 9.18 Å². The Morgan fingerprint density at radius 1 is 1.12 bits per heavy atom. The first-order valence-corrected chi connectivity index (χ1v) is 9.26. The van der Waals surface area contributed by atoms with Crippen molar-refractivity contribution >= 4 is 12.1 Å². The lowest BCUT2D eigenvalue weighted by Crippen LogP contribution is -2.35. The highest BCUT2D eigenvalue weighted by Crippen LogP contribution is 2.26. The first-order valence-electron chi connectivity index (χ1n) is 9.26. The Bertz CT molecular complexity index is 783. The molecular weight excluding hydrogens is 327 g/mol. The summed E-state index contributed by atoms with van der Waals surface area (Å²) in [5.74, 6) is -0.274. The van der Waals surface area contributed by atoms with Gasteiger partial charge in [0, 0.05) is 6.20 Å². The first kappa shape index (κ1) is 18.2. The number of carbonyl (C=O) groups excluding carboxylic acids is 1. The molecule has 2 amide bonds. The van der Waals surface area contributed by atoms with Gasteiger partial charge in [-0.1, -0.05) is 37.3 Å². The number of amides is 2. The summed E-state index contributed by atoms with van der Waals surface area (Å²) >= 11 is 0. The van der Waals surface area contributed by atoms with E-state index < -0.39 is 0 Å². The number of rotatable bonds is 5. The van der Waals surface area contributed by atoms with Crippen LogP contribution in [0.5, 0.6) is 0 Å². The molecule has 0 spiro atoms. The highest BCUT2D eigenvalue weighted by atomic mass is 19.1. The van der Waals surface area contributed by atoms with Gasteiger partial charge in [-0.05, 0) is 72.6 Å². The largest absolute Gasteiger partial charge is 0.331 e. The lowest BCUT2D eigenvalue weighted by molar-refractivity contribution is 0.240. The van der Waals surface area contributed by atoms with E-state index in [1.165, 1.54) is 36.1 Å². The molecule has 1 aliphatic carbocycles. The van der Waals surface area contributed by atoms with E-state index in [0.717, 1.165) is 30.4 Å². The van der Waals surface area contributed by atoms with Crippen molar-refractivity contribution in [2.45, 2.75) is 45.1 Å². The van der Waals surface area contributed by atoms with Gasteiger partial charge in [0.2, 0.25) is 0 Å². The van der Waals surface area contributed by atoms with Crippen LogP contribution in [0, 0.1) is 5.82 Å². The summed E-state index contributed by atoms with van der Waals surface area (Å²) < 4.78 is 12.9. The Kier molecular flexibility index (Phi) is 6.05. The van der Waals surface area contributed by atoms with Crippen LogP contribution in [0.25, 0.3) is 6.08 Å². The Labute approximate surface area is 154 Å². The minimum Gasteiger partial charge on any atom is -0.331 e. The number of urea groups is 1. The quantitative estimate of drug-likeness (QED) is 0.770. The molecule has 0 radical (unpaired) electrons. The molecule has 0 saturated carbocycles. The highest BCUT2D eigenvalue weighted by molar-refractivity contribution is 5.76. The predicted octanol–water partition coefficient (Wildman–Crippen LogP) is 5.13. The molecule has 136 valence electrons. The van der Waals surface area contributed by atoms with Gasteiger partial charge < -0.3 is 10.6 Å². The molecule has 3 rings (SSSR count). The Hall–Kier alpha value is -2.62. The number of nitrogens with one attached hydrogen (secondary N) is 2. The van der Waals surface area contributed by atoms with Crippen LogP contribution >= 0.6 is 0 Å². The van der Waals surface area contributed by atoms with Crippen molar-refractivity contribution < 1.29 is 9.18 Å². The van der Waals surface area contributed by atoms with Gasteiger partial charge in [0.15, 0.2) is 0 Å². The summed E-state index contributed by atoms with van der Waals surface area (Å²) in [6.45, 7) is 2.07. The maximum Gasteiger partial charge on any atom is 0.319 e. The van der Waals surface area contributed by atoms with Crippen LogP contribution in [0.15, 0.2) is 48.7 Å². The van der Waals surface area contributed by atoms with Crippen LogP contribution < -0.4 is 10.6 Å². The maximum atomic E-state index is 12.9. The highest BCUT2D eigenvalue weighted by Gasteiger charge is 2.15. The molecule has 0 aliphatic heterocycles. The summed E-state index contributed by atoms with van der Waals surface area (Å²) in [5, 5.41) is 5.74. The molecule has 4 heteroatoms. The summed E-state index contributed by atoms with van der Waals surface area (Å²) in [7, 11) is 0. The van der Waals surface area contributed by atoms with Crippen molar-refractivity contribution in [3.05, 3.63) is 76.7 Å². The van der Waals surface area contributed by atoms with Crippen LogP contribution in [0.2, 0.25) is 0 Å². The van der Waals surface area contributed by atoms with E-state index in [4.69, 9.17) is 0 Å². The van der Waals surface area contributed by atoms with Crippen molar-refractivity contribution in [2.24, 2.45) is 0 Å². The first-order chi connectivity index (χ1) is 12.7. The summed E-state index contributed by atoms with van der Waals surface area (Å²) in [6, 6.07) is 12.4. The zero-order valence-electron chi connectivity index (χ0n) is 15.1. The molecular formula is C22H25FN2O. The van der Waals surface area contributed by atoms with Crippen LogP contribution in [0.4, 0.5) is 9.18 Å². The molecule has 2 aromatic rings. The lowest BCUT2D eigenvalue weighted by Gasteiger charge is -2.21. The predicted molar refractivity (Wildman–Crippen MR) is 103 cm³/mol. The van der Waals surface area contributed by atoms with Crippen molar-refractivity contribution in [1.82, 2.24) is 10.6 Å². The molecule has 2 N–H and O–H groups in total. The third-order valence-corrected chi connectivity index (χ3v) is 4.85. The fraction of sp³-hybridized carbons (Fsp3) is 0.318. The Balaban J connectivity index is 1.59. The van der Waals surface area contributed by atoms with E-state index in [2.05, 4.69) is 35.8 Å². The number of benzene rings is 2. The van der Waals surface area contributed by atoms with Gasteiger partial charge in [0.05, 0.1) is 6.04 Å². The van der Waals surface area contributed by atoms with Crippen LogP contribution in [-0.2, 0) is 12.8 Å². The maximum absolute atomic E-state index is 12.9. The van der Waals surface area contributed by atoms with Gasteiger partial charge in [0.1, 0.15) is 5.82 Å². The zero-order valence-corrected chi connectivity index (χ0v) is 15.1. The number of hydrogen-bond acceptors (Lipinski definition) is 1. The van der Waals surface area contributed by atoms with Crippen molar-refractivity contribution in [3.8, 4) is 0 Å². The van der Waals surface area contributed by atoms with Crippen LogP contribution in [0.1, 0.15) is 54.5 Å². The van der Waals surface area contributed by atoms with Crippen molar-refractivity contribution in [3.63, 3.8) is 0 Å². The molecule has 2 aromatic carbocycles. The fourth-order valence-electron chi connectivity index (χ4n) is 3.38. The van der Waals surface area contributed by atoms with Gasteiger partial charge in [-0.15, -0.1) is 0 Å². The van der Waals surface area contributed by atoms with Gasteiger partial charge in [-0.2, -0.15) is 0 Å². The normalized spacial score (nSPS) is 14.7. The number of carbonyl (C=O) groups is 1. The minimum atomic E-state index is -0.274. The molecule has 0 aromatic heterocycles. The molecule has 0 saturated heterocycles. The van der Waals surface area contributed by atoms with E-state index in [1.807, 2.05) is 0 Å². The van der Waals surface area contributed by atoms with Crippen molar-refractivity contribution in [2.75, 3.05) is 0 Å². The smallest absolute Gasteiger partial charge is 0.319 e. The SMILES string of the molecule is CCC(NC(=O)N/C=C/c1ccc(F)cc1)c1ccc2c(c1)CCCC2. The molecule has 0 fully saturated rings. The zero-order chi connectivity index (χ0) is 18.4. The molecule has 1 atom stereocenters. The molecule has 3 nitrogen and oxygen atoms in total. The fourth-order valence-corrected chi connectivity index (χ4v) is 3.38. The Morgan fingerprint density at radius 3 is 2.58 bits per heavy atom. The Morgan fingerprint density at radius 2 is 1.85 bits per heavy atom. The second-order valence-corrected chi connectivity index (χ2v) is 6.70. The van der Waals surface area contributed by atoms with E-state index >= 15 is 0 Å². The number of fused-ring (bicyclic) bond motifs is 1. The average Bonchev–Trinajstić information content (AvgIpc) is 2.67. The molecule has 0 heterocycles. The van der Waals surface area contributed by atoms with E-state index in [-0.39, 0.29) is 17.9 Å². The van der Waals surface area contributed by atoms with Gasteiger partial charge in [-0.3, -0.25) is 0 Å². The molecule has 1 unspecified atom stereocenters. The molecule has 26 heavy (non-hydrogen) atoms. The third-order valence-electron chi connectivity index (χ3n) is 4.85.